The van der Waals surface area contributed by atoms with E-state index in [-0.39, 0.29) is 24.2 Å². The van der Waals surface area contributed by atoms with Gasteiger partial charge in [-0.15, -0.1) is 12.4 Å². The molecule has 1 aliphatic rings. The molecule has 1 amide bonds. The summed E-state index contributed by atoms with van der Waals surface area (Å²) in [5.74, 6) is -0.0111. The second kappa shape index (κ2) is 6.61. The van der Waals surface area contributed by atoms with Gasteiger partial charge in [0, 0.05) is 18.0 Å². The SMILES string of the molecule is Cc1ccc(N)cc1NC(=O)C1CCCOC1.Cl. The van der Waals surface area contributed by atoms with E-state index in [0.717, 1.165) is 30.7 Å². The summed E-state index contributed by atoms with van der Waals surface area (Å²) in [6.45, 7) is 3.24. The Morgan fingerprint density at radius 1 is 1.50 bits per heavy atom. The van der Waals surface area contributed by atoms with Crippen molar-refractivity contribution >= 4 is 29.7 Å². The van der Waals surface area contributed by atoms with Gasteiger partial charge in [0.2, 0.25) is 5.91 Å². The minimum Gasteiger partial charge on any atom is -0.399 e. The Kier molecular flexibility index (Phi) is 5.44. The lowest BCUT2D eigenvalue weighted by atomic mass is 10.0. The summed E-state index contributed by atoms with van der Waals surface area (Å²) >= 11 is 0. The van der Waals surface area contributed by atoms with Crippen molar-refractivity contribution in [3.05, 3.63) is 23.8 Å². The van der Waals surface area contributed by atoms with E-state index in [9.17, 15) is 4.79 Å². The third kappa shape index (κ3) is 3.62. The number of carbonyl (C=O) groups is 1. The van der Waals surface area contributed by atoms with Crippen LogP contribution in [0.25, 0.3) is 0 Å². The van der Waals surface area contributed by atoms with Crippen molar-refractivity contribution in [1.29, 1.82) is 0 Å². The zero-order chi connectivity index (χ0) is 12.3. The number of benzene rings is 1. The lowest BCUT2D eigenvalue weighted by Crippen LogP contribution is -2.30. The van der Waals surface area contributed by atoms with Crippen LogP contribution in [0.15, 0.2) is 18.2 Å². The minimum atomic E-state index is -0.0374. The highest BCUT2D eigenvalue weighted by molar-refractivity contribution is 5.93. The van der Waals surface area contributed by atoms with Crippen molar-refractivity contribution in [2.24, 2.45) is 5.92 Å². The van der Waals surface area contributed by atoms with Gasteiger partial charge in [-0.2, -0.15) is 0 Å². The van der Waals surface area contributed by atoms with Crippen LogP contribution in [0.4, 0.5) is 11.4 Å². The lowest BCUT2D eigenvalue weighted by molar-refractivity contribution is -0.123. The van der Waals surface area contributed by atoms with E-state index in [2.05, 4.69) is 5.32 Å². The Bertz CT molecular complexity index is 417. The largest absolute Gasteiger partial charge is 0.399 e. The summed E-state index contributed by atoms with van der Waals surface area (Å²) in [5, 5.41) is 2.92. The molecule has 1 fully saturated rings. The molecule has 1 heterocycles. The fourth-order valence-corrected chi connectivity index (χ4v) is 1.96. The molecule has 1 aliphatic heterocycles. The first-order valence-electron chi connectivity index (χ1n) is 5.91. The number of ether oxygens (including phenoxy) is 1. The molecule has 5 heteroatoms. The van der Waals surface area contributed by atoms with Crippen molar-refractivity contribution in [2.45, 2.75) is 19.8 Å². The van der Waals surface area contributed by atoms with Crippen LogP contribution >= 0.6 is 12.4 Å². The van der Waals surface area contributed by atoms with Gasteiger partial charge in [-0.05, 0) is 37.5 Å². The van der Waals surface area contributed by atoms with Crippen LogP contribution < -0.4 is 11.1 Å². The average molecular weight is 271 g/mol. The number of carbonyl (C=O) groups excluding carboxylic acids is 1. The minimum absolute atomic E-state index is 0. The number of nitrogen functional groups attached to an aromatic ring is 1. The van der Waals surface area contributed by atoms with E-state index in [4.69, 9.17) is 10.5 Å². The summed E-state index contributed by atoms with van der Waals surface area (Å²) in [6, 6.07) is 5.52. The van der Waals surface area contributed by atoms with Crippen molar-refractivity contribution in [1.82, 2.24) is 0 Å². The first-order valence-corrected chi connectivity index (χ1v) is 5.91. The normalized spacial score (nSPS) is 18.8. The monoisotopic (exact) mass is 270 g/mol. The lowest BCUT2D eigenvalue weighted by Gasteiger charge is -2.21. The van der Waals surface area contributed by atoms with Gasteiger partial charge in [-0.1, -0.05) is 6.07 Å². The van der Waals surface area contributed by atoms with Crippen LogP contribution in [0.3, 0.4) is 0 Å². The predicted molar refractivity (Wildman–Crippen MR) is 75.0 cm³/mol. The molecule has 4 nitrogen and oxygen atoms in total. The quantitative estimate of drug-likeness (QED) is 0.811. The zero-order valence-corrected chi connectivity index (χ0v) is 11.3. The van der Waals surface area contributed by atoms with Gasteiger partial charge in [-0.3, -0.25) is 4.79 Å². The number of nitrogens with one attached hydrogen (secondary N) is 1. The summed E-state index contributed by atoms with van der Waals surface area (Å²) in [7, 11) is 0. The van der Waals surface area contributed by atoms with Crippen molar-refractivity contribution in [2.75, 3.05) is 24.3 Å². The van der Waals surface area contributed by atoms with E-state index in [0.29, 0.717) is 12.3 Å². The number of anilines is 2. The summed E-state index contributed by atoms with van der Waals surface area (Å²) in [6.07, 6.45) is 1.85. The fourth-order valence-electron chi connectivity index (χ4n) is 1.96. The van der Waals surface area contributed by atoms with Gasteiger partial charge in [0.25, 0.3) is 0 Å². The van der Waals surface area contributed by atoms with Gasteiger partial charge in [0.05, 0.1) is 12.5 Å². The van der Waals surface area contributed by atoms with Gasteiger partial charge in [0.1, 0.15) is 0 Å². The van der Waals surface area contributed by atoms with Gasteiger partial charge >= 0.3 is 0 Å². The highest BCUT2D eigenvalue weighted by atomic mass is 35.5. The molecule has 0 aliphatic carbocycles. The van der Waals surface area contributed by atoms with Gasteiger partial charge < -0.3 is 15.8 Å². The molecule has 0 spiro atoms. The molecule has 1 aromatic rings. The molecule has 1 unspecified atom stereocenters. The average Bonchev–Trinajstić information content (AvgIpc) is 2.35. The maximum atomic E-state index is 12.0. The van der Waals surface area contributed by atoms with Crippen molar-refractivity contribution in [3.63, 3.8) is 0 Å². The third-order valence-corrected chi connectivity index (χ3v) is 3.05. The molecular formula is C13H19ClN2O2. The molecule has 0 aromatic heterocycles. The van der Waals surface area contributed by atoms with Crippen molar-refractivity contribution in [3.8, 4) is 0 Å². The topological polar surface area (TPSA) is 64.3 Å². The van der Waals surface area contributed by atoms with Crippen LogP contribution in [0.2, 0.25) is 0 Å². The van der Waals surface area contributed by atoms with E-state index >= 15 is 0 Å². The second-order valence-corrected chi connectivity index (χ2v) is 4.48. The number of amides is 1. The van der Waals surface area contributed by atoms with Crippen LogP contribution in [0.5, 0.6) is 0 Å². The molecule has 18 heavy (non-hydrogen) atoms. The molecule has 2 rings (SSSR count). The Morgan fingerprint density at radius 2 is 2.28 bits per heavy atom. The standard InChI is InChI=1S/C13H18N2O2.ClH/c1-9-4-5-11(14)7-12(9)15-13(16)10-3-2-6-17-8-10;/h4-5,7,10H,2-3,6,8,14H2,1H3,(H,15,16);1H. The number of hydrogen-bond donors (Lipinski definition) is 2. The highest BCUT2D eigenvalue weighted by Crippen LogP contribution is 2.21. The maximum absolute atomic E-state index is 12.0. The van der Waals surface area contributed by atoms with E-state index in [1.165, 1.54) is 0 Å². The van der Waals surface area contributed by atoms with E-state index in [1.807, 2.05) is 19.1 Å². The van der Waals surface area contributed by atoms with E-state index in [1.54, 1.807) is 6.07 Å². The molecule has 0 saturated carbocycles. The molecule has 1 aromatic carbocycles. The van der Waals surface area contributed by atoms with Gasteiger partial charge in [-0.25, -0.2) is 0 Å². The molecule has 3 N–H and O–H groups in total. The summed E-state index contributed by atoms with van der Waals surface area (Å²) in [4.78, 5) is 12.0. The number of halogens is 1. The Morgan fingerprint density at radius 3 is 2.94 bits per heavy atom. The molecule has 1 saturated heterocycles. The Hall–Kier alpha value is -1.26. The van der Waals surface area contributed by atoms with Gasteiger partial charge in [0.15, 0.2) is 0 Å². The zero-order valence-electron chi connectivity index (χ0n) is 10.4. The van der Waals surface area contributed by atoms with Crippen LogP contribution in [0.1, 0.15) is 18.4 Å². The summed E-state index contributed by atoms with van der Waals surface area (Å²) < 4.78 is 5.31. The van der Waals surface area contributed by atoms with E-state index < -0.39 is 0 Å². The van der Waals surface area contributed by atoms with Crippen molar-refractivity contribution < 1.29 is 9.53 Å². The van der Waals surface area contributed by atoms with Crippen LogP contribution in [-0.4, -0.2) is 19.1 Å². The smallest absolute Gasteiger partial charge is 0.229 e. The number of hydrogen-bond acceptors (Lipinski definition) is 3. The first kappa shape index (κ1) is 14.8. The number of nitrogens with two attached hydrogens (primary N) is 1. The summed E-state index contributed by atoms with van der Waals surface area (Å²) in [5.41, 5.74) is 8.17. The second-order valence-electron chi connectivity index (χ2n) is 4.48. The molecule has 0 radical (unpaired) electrons. The maximum Gasteiger partial charge on any atom is 0.229 e. The fraction of sp³-hybridized carbons (Fsp3) is 0.462. The molecular weight excluding hydrogens is 252 g/mol. The number of rotatable bonds is 2. The Balaban J connectivity index is 0.00000162. The molecule has 0 bridgehead atoms. The Labute approximate surface area is 113 Å². The first-order chi connectivity index (χ1) is 8.16. The van der Waals surface area contributed by atoms with Crippen LogP contribution in [-0.2, 0) is 9.53 Å². The highest BCUT2D eigenvalue weighted by Gasteiger charge is 2.22. The third-order valence-electron chi connectivity index (χ3n) is 3.05. The van der Waals surface area contributed by atoms with Crippen LogP contribution in [0, 0.1) is 12.8 Å². The molecule has 1 atom stereocenters. The molecule has 100 valence electrons. The predicted octanol–water partition coefficient (Wildman–Crippen LogP) is 2.36. The number of aryl methyl sites for hydroxylation is 1.